The number of nitrogens with zero attached hydrogens (tertiary/aromatic N) is 1. The van der Waals surface area contributed by atoms with E-state index in [9.17, 15) is 44.1 Å². The highest BCUT2D eigenvalue weighted by Gasteiger charge is 2.89. The molecule has 5 rings (SSSR count). The van der Waals surface area contributed by atoms with Crippen molar-refractivity contribution in [1.29, 1.82) is 0 Å². The molecule has 4 aliphatic rings. The Bertz CT molecular complexity index is 1560. The van der Waals surface area contributed by atoms with E-state index in [-0.39, 0.29) is 11.3 Å². The third kappa shape index (κ3) is 4.82. The maximum Gasteiger partial charge on any atom is 0.340 e. The summed E-state index contributed by atoms with van der Waals surface area (Å²) in [5, 5.41) is 36.9. The summed E-state index contributed by atoms with van der Waals surface area (Å²) in [4.78, 5) is 83.5. The van der Waals surface area contributed by atoms with Crippen LogP contribution in [0, 0.1) is 17.3 Å². The number of carbonyl (C=O) groups is 6. The van der Waals surface area contributed by atoms with Crippen molar-refractivity contribution in [2.24, 2.45) is 17.3 Å². The van der Waals surface area contributed by atoms with E-state index in [1.165, 1.54) is 32.2 Å². The quantitative estimate of drug-likeness (QED) is 0.270. The average molecular weight is 678 g/mol. The number of pyridine rings is 1. The molecule has 0 amide bonds. The van der Waals surface area contributed by atoms with Crippen LogP contribution < -0.4 is 0 Å². The van der Waals surface area contributed by atoms with Crippen LogP contribution in [0.15, 0.2) is 18.3 Å². The number of hydrogen-bond donors (Lipinski definition) is 3. The van der Waals surface area contributed by atoms with E-state index in [1.54, 1.807) is 6.92 Å². The maximum absolute atomic E-state index is 14.2. The summed E-state index contributed by atoms with van der Waals surface area (Å²) in [6, 6.07) is 2.90. The van der Waals surface area contributed by atoms with Crippen LogP contribution in [0.5, 0.6) is 0 Å². The number of cyclic esters (lactones) is 1. The summed E-state index contributed by atoms with van der Waals surface area (Å²) in [5.74, 6) is -9.64. The zero-order valence-corrected chi connectivity index (χ0v) is 27.5. The van der Waals surface area contributed by atoms with E-state index in [0.29, 0.717) is 0 Å². The van der Waals surface area contributed by atoms with Gasteiger partial charge in [0.15, 0.2) is 24.1 Å². The normalized spacial score (nSPS) is 42.1. The number of esters is 5. The van der Waals surface area contributed by atoms with Gasteiger partial charge in [0.2, 0.25) is 0 Å². The van der Waals surface area contributed by atoms with Gasteiger partial charge in [-0.1, -0.05) is 13.8 Å². The molecule has 0 unspecified atom stereocenters. The van der Waals surface area contributed by atoms with E-state index in [4.69, 9.17) is 28.4 Å². The van der Waals surface area contributed by atoms with Gasteiger partial charge in [0.1, 0.15) is 41.5 Å². The molecule has 3 heterocycles. The van der Waals surface area contributed by atoms with Crippen molar-refractivity contribution in [3.63, 3.8) is 0 Å². The predicted molar refractivity (Wildman–Crippen MR) is 156 cm³/mol. The minimum atomic E-state index is -2.73. The summed E-state index contributed by atoms with van der Waals surface area (Å²) in [5.41, 5.74) is -9.91. The SMILES string of the molecule is CC(=O)OC[C@]12[C@H](O)C(=O)[C@@H]3[C@@H](O)[C@@]14O[C@@]3(C)COC(=O)c1cccnc1[C@@H](C)[C@H](C)C(=O)O[C@@H]([C@H](OC(C)=O)[C@@H]2OC(C)=O)[C@]4(C)O. The number of fused-ring (bicyclic) bond motifs is 5. The fourth-order valence-corrected chi connectivity index (χ4v) is 8.11. The fourth-order valence-electron chi connectivity index (χ4n) is 8.11. The summed E-state index contributed by atoms with van der Waals surface area (Å²) >= 11 is 0. The smallest absolute Gasteiger partial charge is 0.340 e. The minimum absolute atomic E-state index is 0.0135. The lowest BCUT2D eigenvalue weighted by Gasteiger charge is -2.66. The first kappa shape index (κ1) is 35.3. The van der Waals surface area contributed by atoms with Gasteiger partial charge in [-0.3, -0.25) is 29.0 Å². The van der Waals surface area contributed by atoms with Gasteiger partial charge in [-0.2, -0.15) is 0 Å². The van der Waals surface area contributed by atoms with Crippen LogP contribution in [0.3, 0.4) is 0 Å². The standard InChI is InChI=1S/C32H39NO15/c1-13-14(2)27(40)47-25-22(45-16(4)35)26(46-17(5)36)31(12-43-15(3)34)24(39)21(37)19-23(38)32(31,30(25,7)42)48-29(19,6)11-44-28(41)18-9-8-10-33-20(13)18/h8-10,13-14,19,22-26,38-39,42H,11-12H2,1-7H3/t13-,14-,19+,22-,23+,24+,25-,26-,29-,30-,31+,32-/m0/s1. The van der Waals surface area contributed by atoms with Crippen molar-refractivity contribution in [3.05, 3.63) is 29.6 Å². The van der Waals surface area contributed by atoms with Crippen molar-refractivity contribution in [3.8, 4) is 0 Å². The van der Waals surface area contributed by atoms with Crippen molar-refractivity contribution >= 4 is 35.6 Å². The first-order valence-electron chi connectivity index (χ1n) is 15.4. The molecule has 16 nitrogen and oxygen atoms in total. The molecule has 1 aromatic rings. The Morgan fingerprint density at radius 1 is 1.00 bits per heavy atom. The molecule has 0 aromatic carbocycles. The van der Waals surface area contributed by atoms with Crippen molar-refractivity contribution in [1.82, 2.24) is 4.98 Å². The number of ether oxygens (including phenoxy) is 6. The topological polar surface area (TPSA) is 231 Å². The van der Waals surface area contributed by atoms with E-state index >= 15 is 0 Å². The van der Waals surface area contributed by atoms with Crippen LogP contribution >= 0.6 is 0 Å². The Balaban J connectivity index is 1.86. The molecule has 262 valence electrons. The molecule has 48 heavy (non-hydrogen) atoms. The summed E-state index contributed by atoms with van der Waals surface area (Å²) in [6.45, 7) is 6.61. The van der Waals surface area contributed by atoms with Gasteiger partial charge in [0.05, 0.1) is 29.2 Å². The second-order valence-corrected chi connectivity index (χ2v) is 13.4. The van der Waals surface area contributed by atoms with Crippen LogP contribution in [0.25, 0.3) is 0 Å². The molecule has 12 atom stereocenters. The van der Waals surface area contributed by atoms with Crippen molar-refractivity contribution in [2.75, 3.05) is 13.2 Å². The first-order valence-corrected chi connectivity index (χ1v) is 15.4. The van der Waals surface area contributed by atoms with Crippen LogP contribution in [0.1, 0.15) is 70.4 Å². The predicted octanol–water partition coefficient (Wildman–Crippen LogP) is -0.471. The Morgan fingerprint density at radius 2 is 1.65 bits per heavy atom. The van der Waals surface area contributed by atoms with Crippen LogP contribution in [0.4, 0.5) is 0 Å². The number of aromatic nitrogens is 1. The monoisotopic (exact) mass is 677 g/mol. The molecule has 1 saturated heterocycles. The number of aliphatic hydroxyl groups excluding tert-OH is 2. The molecule has 0 radical (unpaired) electrons. The lowest BCUT2D eigenvalue weighted by Crippen LogP contribution is -2.88. The van der Waals surface area contributed by atoms with Crippen LogP contribution in [-0.2, 0) is 52.4 Å². The molecule has 3 N–H and O–H groups in total. The van der Waals surface area contributed by atoms with Gasteiger partial charge in [-0.05, 0) is 26.0 Å². The number of rotatable bonds is 4. The van der Waals surface area contributed by atoms with Gasteiger partial charge in [0, 0.05) is 32.9 Å². The Labute approximate surface area is 275 Å². The third-order valence-electron chi connectivity index (χ3n) is 10.4. The van der Waals surface area contributed by atoms with Gasteiger partial charge in [-0.25, -0.2) is 4.79 Å². The lowest BCUT2D eigenvalue weighted by molar-refractivity contribution is -0.376. The molecule has 2 aliphatic heterocycles. The second-order valence-electron chi connectivity index (χ2n) is 13.4. The number of ketones is 1. The minimum Gasteiger partial charge on any atom is -0.465 e. The van der Waals surface area contributed by atoms with Gasteiger partial charge in [0.25, 0.3) is 0 Å². The van der Waals surface area contributed by atoms with Crippen LogP contribution in [-0.4, -0.2) is 116 Å². The number of carbonyl (C=O) groups excluding carboxylic acids is 6. The molecule has 1 aromatic heterocycles. The highest BCUT2D eigenvalue weighted by molar-refractivity contribution is 5.93. The van der Waals surface area contributed by atoms with Crippen molar-refractivity contribution in [2.45, 2.75) is 102 Å². The second kappa shape index (κ2) is 11.9. The van der Waals surface area contributed by atoms with E-state index < -0.39 is 119 Å². The summed E-state index contributed by atoms with van der Waals surface area (Å²) in [7, 11) is 0. The largest absolute Gasteiger partial charge is 0.465 e. The Morgan fingerprint density at radius 3 is 2.25 bits per heavy atom. The molecular formula is C32H39NO15. The average Bonchev–Trinajstić information content (AvgIpc) is 3.22. The van der Waals surface area contributed by atoms with E-state index in [1.807, 2.05) is 0 Å². The third-order valence-corrected chi connectivity index (χ3v) is 10.4. The lowest BCUT2D eigenvalue weighted by atomic mass is 9.45. The van der Waals surface area contributed by atoms with E-state index in [0.717, 1.165) is 27.7 Å². The molecular weight excluding hydrogens is 638 g/mol. The van der Waals surface area contributed by atoms with Crippen molar-refractivity contribution < 1.29 is 72.5 Å². The highest BCUT2D eigenvalue weighted by Crippen LogP contribution is 2.67. The fraction of sp³-hybridized carbons (Fsp3) is 0.656. The molecule has 4 bridgehead atoms. The zero-order valence-electron chi connectivity index (χ0n) is 27.5. The van der Waals surface area contributed by atoms with Gasteiger partial charge in [-0.15, -0.1) is 0 Å². The zero-order chi connectivity index (χ0) is 35.7. The summed E-state index contributed by atoms with van der Waals surface area (Å²) < 4.78 is 34.7. The maximum atomic E-state index is 14.2. The molecule has 2 aliphatic carbocycles. The molecule has 1 spiro atoms. The summed E-state index contributed by atoms with van der Waals surface area (Å²) in [6.07, 6.45) is -9.08. The molecule has 3 fully saturated rings. The highest BCUT2D eigenvalue weighted by atomic mass is 16.6. The number of hydrogen-bond acceptors (Lipinski definition) is 16. The molecule has 16 heteroatoms. The van der Waals surface area contributed by atoms with E-state index in [2.05, 4.69) is 4.98 Å². The van der Waals surface area contributed by atoms with Crippen LogP contribution in [0.2, 0.25) is 0 Å². The van der Waals surface area contributed by atoms with Gasteiger partial charge < -0.3 is 43.7 Å². The Kier molecular flexibility index (Phi) is 8.73. The number of aliphatic hydroxyl groups is 3. The Hall–Kier alpha value is -3.99. The number of Topliss-reactive ketones (excluding diaryl/α,β-unsaturated/α-hetero) is 1. The first-order chi connectivity index (χ1) is 22.3. The molecule has 2 saturated carbocycles. The van der Waals surface area contributed by atoms with Gasteiger partial charge >= 0.3 is 29.8 Å².